The molecule has 0 spiro atoms. The zero-order valence-corrected chi connectivity index (χ0v) is 5.79. The van der Waals surface area contributed by atoms with Crippen molar-refractivity contribution >= 4 is 18.9 Å². The number of carbonyl (C=O) groups is 1. The lowest BCUT2D eigenvalue weighted by atomic mass is 10.2. The Hall–Kier alpha value is -0.0600. The monoisotopic (exact) mass is 150 g/mol. The van der Waals surface area contributed by atoms with Crippen LogP contribution in [0.5, 0.6) is 0 Å². The minimum atomic E-state index is -0.958. The Morgan fingerprint density at radius 2 is 2.00 bits per heavy atom. The summed E-state index contributed by atoms with van der Waals surface area (Å²) in [6.45, 7) is 0. The summed E-state index contributed by atoms with van der Waals surface area (Å²) in [4.78, 5) is 9.74. The third-order valence-corrected chi connectivity index (χ3v) is 1.34. The molecule has 0 radical (unpaired) electrons. The van der Waals surface area contributed by atoms with Crippen molar-refractivity contribution in [1.29, 1.82) is 0 Å². The van der Waals surface area contributed by atoms with Gasteiger partial charge in [-0.15, -0.1) is 0 Å². The molecule has 0 aromatic carbocycles. The second-order valence-electron chi connectivity index (χ2n) is 1.72. The van der Waals surface area contributed by atoms with Crippen molar-refractivity contribution in [3.05, 3.63) is 0 Å². The van der Waals surface area contributed by atoms with Crippen LogP contribution in [0.4, 0.5) is 0 Å². The molecular formula is C5H10O3S. The first kappa shape index (κ1) is 8.94. The van der Waals surface area contributed by atoms with Crippen LogP contribution in [-0.2, 0) is 4.79 Å². The van der Waals surface area contributed by atoms with Crippen molar-refractivity contribution in [2.45, 2.75) is 18.6 Å². The first-order chi connectivity index (χ1) is 4.22. The number of aliphatic hydroxyl groups is 2. The van der Waals surface area contributed by atoms with Gasteiger partial charge in [0, 0.05) is 12.2 Å². The van der Waals surface area contributed by atoms with Gasteiger partial charge in [-0.1, -0.05) is 0 Å². The van der Waals surface area contributed by atoms with Crippen molar-refractivity contribution in [3.63, 3.8) is 0 Å². The van der Waals surface area contributed by atoms with E-state index in [1.165, 1.54) is 0 Å². The third-order valence-electron chi connectivity index (χ3n) is 0.969. The minimum Gasteiger partial charge on any atom is -0.390 e. The Morgan fingerprint density at radius 3 is 2.33 bits per heavy atom. The van der Waals surface area contributed by atoms with Crippen LogP contribution in [0.3, 0.4) is 0 Å². The van der Waals surface area contributed by atoms with E-state index in [0.29, 0.717) is 6.29 Å². The molecule has 0 rings (SSSR count). The standard InChI is InChI=1S/C5H10O3S/c6-2-1-4(7)5(8)3-9/h2,4-5,7-9H,1,3H2/t4-,5+/m0/s1. The van der Waals surface area contributed by atoms with Crippen molar-refractivity contribution in [2.75, 3.05) is 5.75 Å². The maximum absolute atomic E-state index is 9.74. The normalized spacial score (nSPS) is 16.8. The van der Waals surface area contributed by atoms with E-state index in [2.05, 4.69) is 12.6 Å². The predicted molar refractivity (Wildman–Crippen MR) is 36.5 cm³/mol. The Balaban J connectivity index is 3.44. The highest BCUT2D eigenvalue weighted by Gasteiger charge is 2.12. The molecule has 0 aromatic rings. The van der Waals surface area contributed by atoms with Crippen LogP contribution in [0, 0.1) is 0 Å². The molecule has 0 aliphatic heterocycles. The van der Waals surface area contributed by atoms with Gasteiger partial charge >= 0.3 is 0 Å². The Kier molecular flexibility index (Phi) is 4.75. The summed E-state index contributed by atoms with van der Waals surface area (Å²) in [5.74, 6) is 0.176. The molecule has 0 aliphatic rings. The van der Waals surface area contributed by atoms with Gasteiger partial charge in [-0.25, -0.2) is 0 Å². The largest absolute Gasteiger partial charge is 0.390 e. The van der Waals surface area contributed by atoms with Crippen LogP contribution in [0.25, 0.3) is 0 Å². The van der Waals surface area contributed by atoms with Crippen molar-refractivity contribution in [2.24, 2.45) is 0 Å². The fraction of sp³-hybridized carbons (Fsp3) is 0.800. The van der Waals surface area contributed by atoms with Crippen LogP contribution < -0.4 is 0 Å². The van der Waals surface area contributed by atoms with Gasteiger partial charge in [0.1, 0.15) is 6.29 Å². The van der Waals surface area contributed by atoms with Crippen LogP contribution in [0.15, 0.2) is 0 Å². The molecule has 0 heterocycles. The lowest BCUT2D eigenvalue weighted by Gasteiger charge is -2.11. The smallest absolute Gasteiger partial charge is 0.122 e. The maximum Gasteiger partial charge on any atom is 0.122 e. The molecule has 0 fully saturated rings. The van der Waals surface area contributed by atoms with Crippen molar-refractivity contribution in [3.8, 4) is 0 Å². The van der Waals surface area contributed by atoms with E-state index in [-0.39, 0.29) is 12.2 Å². The summed E-state index contributed by atoms with van der Waals surface area (Å²) in [5.41, 5.74) is 0. The first-order valence-electron chi connectivity index (χ1n) is 2.63. The molecule has 3 nitrogen and oxygen atoms in total. The molecule has 0 saturated heterocycles. The van der Waals surface area contributed by atoms with E-state index in [9.17, 15) is 4.79 Å². The number of hydrogen-bond acceptors (Lipinski definition) is 4. The summed E-state index contributed by atoms with van der Waals surface area (Å²) in [6, 6.07) is 0. The number of rotatable bonds is 4. The quantitative estimate of drug-likeness (QED) is 0.364. The Labute approximate surface area is 59.1 Å². The number of thiol groups is 1. The van der Waals surface area contributed by atoms with Gasteiger partial charge in [0.15, 0.2) is 0 Å². The summed E-state index contributed by atoms with van der Waals surface area (Å²) in [6.07, 6.45) is -1.31. The molecule has 0 unspecified atom stereocenters. The maximum atomic E-state index is 9.74. The van der Waals surface area contributed by atoms with Crippen LogP contribution in [0.2, 0.25) is 0 Å². The van der Waals surface area contributed by atoms with Crippen molar-refractivity contribution in [1.82, 2.24) is 0 Å². The van der Waals surface area contributed by atoms with E-state index in [1.807, 2.05) is 0 Å². The molecule has 0 saturated carbocycles. The van der Waals surface area contributed by atoms with Gasteiger partial charge < -0.3 is 15.0 Å². The van der Waals surface area contributed by atoms with E-state index < -0.39 is 12.2 Å². The number of aliphatic hydroxyl groups excluding tert-OH is 2. The van der Waals surface area contributed by atoms with Crippen LogP contribution >= 0.6 is 12.6 Å². The lowest BCUT2D eigenvalue weighted by Crippen LogP contribution is -2.27. The molecule has 0 bridgehead atoms. The highest BCUT2D eigenvalue weighted by molar-refractivity contribution is 7.80. The average Bonchev–Trinajstić information content (AvgIpc) is 1.87. The van der Waals surface area contributed by atoms with Gasteiger partial charge in [-0.2, -0.15) is 12.6 Å². The van der Waals surface area contributed by atoms with Crippen molar-refractivity contribution < 1.29 is 15.0 Å². The molecule has 54 valence electrons. The summed E-state index contributed by atoms with van der Waals surface area (Å²) in [7, 11) is 0. The molecule has 0 amide bonds. The van der Waals surface area contributed by atoms with E-state index in [0.717, 1.165) is 0 Å². The fourth-order valence-electron chi connectivity index (χ4n) is 0.377. The van der Waals surface area contributed by atoms with Gasteiger partial charge in [0.05, 0.1) is 12.2 Å². The number of carbonyl (C=O) groups excluding carboxylic acids is 1. The van der Waals surface area contributed by atoms with E-state index >= 15 is 0 Å². The van der Waals surface area contributed by atoms with Crippen LogP contribution in [0.1, 0.15) is 6.42 Å². The molecule has 9 heavy (non-hydrogen) atoms. The van der Waals surface area contributed by atoms with E-state index in [4.69, 9.17) is 10.2 Å². The second kappa shape index (κ2) is 4.78. The minimum absolute atomic E-state index is 0.0261. The summed E-state index contributed by atoms with van der Waals surface area (Å²) >= 11 is 3.72. The number of aldehydes is 1. The van der Waals surface area contributed by atoms with Crippen LogP contribution in [-0.4, -0.2) is 34.5 Å². The number of hydrogen-bond donors (Lipinski definition) is 3. The molecule has 0 aliphatic carbocycles. The highest BCUT2D eigenvalue weighted by Crippen LogP contribution is 1.97. The average molecular weight is 150 g/mol. The topological polar surface area (TPSA) is 57.5 Å². The molecular weight excluding hydrogens is 140 g/mol. The first-order valence-corrected chi connectivity index (χ1v) is 3.26. The molecule has 0 aromatic heterocycles. The van der Waals surface area contributed by atoms with Gasteiger partial charge in [-0.3, -0.25) is 0 Å². The molecule has 4 heteroatoms. The Bertz CT molecular complexity index is 86.3. The predicted octanol–water partition coefficient (Wildman–Crippen LogP) is -0.773. The third kappa shape index (κ3) is 3.51. The van der Waals surface area contributed by atoms with Gasteiger partial charge in [-0.05, 0) is 0 Å². The molecule has 2 atom stereocenters. The second-order valence-corrected chi connectivity index (χ2v) is 2.08. The zero-order valence-electron chi connectivity index (χ0n) is 4.90. The fourth-order valence-corrected chi connectivity index (χ4v) is 0.621. The SMILES string of the molecule is O=CC[C@H](O)[C@H](O)CS. The van der Waals surface area contributed by atoms with Gasteiger partial charge in [0.25, 0.3) is 0 Å². The van der Waals surface area contributed by atoms with E-state index in [1.54, 1.807) is 0 Å². The zero-order chi connectivity index (χ0) is 7.28. The highest BCUT2D eigenvalue weighted by atomic mass is 32.1. The summed E-state index contributed by atoms with van der Waals surface area (Å²) in [5, 5.41) is 17.6. The summed E-state index contributed by atoms with van der Waals surface area (Å²) < 4.78 is 0. The Morgan fingerprint density at radius 1 is 1.44 bits per heavy atom. The van der Waals surface area contributed by atoms with Gasteiger partial charge in [0.2, 0.25) is 0 Å². The molecule has 2 N–H and O–H groups in total. The lowest BCUT2D eigenvalue weighted by molar-refractivity contribution is -0.110.